The van der Waals surface area contributed by atoms with Crippen LogP contribution < -0.4 is 24.4 Å². The van der Waals surface area contributed by atoms with Crippen LogP contribution in [0.25, 0.3) is 0 Å². The zero-order valence-electron chi connectivity index (χ0n) is 15.8. The highest BCUT2D eigenvalue weighted by Gasteiger charge is 2.25. The Morgan fingerprint density at radius 2 is 1.74 bits per heavy atom. The Hall–Kier alpha value is -2.40. The molecule has 5 rings (SSSR count). The van der Waals surface area contributed by atoms with Crippen LogP contribution in [0.5, 0.6) is 17.2 Å². The van der Waals surface area contributed by atoms with Crippen molar-refractivity contribution in [2.75, 3.05) is 44.4 Å². The van der Waals surface area contributed by atoms with Crippen molar-refractivity contribution in [1.29, 1.82) is 0 Å². The number of nitrogens with zero attached hydrogens (tertiary/aromatic N) is 1. The average molecular weight is 366 g/mol. The van der Waals surface area contributed by atoms with Gasteiger partial charge in [-0.05, 0) is 73.3 Å². The fraction of sp³-hybridized carbons (Fsp3) is 0.455. The number of fused-ring (bicyclic) bond motifs is 3. The lowest BCUT2D eigenvalue weighted by Gasteiger charge is -2.34. The predicted molar refractivity (Wildman–Crippen MR) is 105 cm³/mol. The van der Waals surface area contributed by atoms with Gasteiger partial charge in [0.05, 0.1) is 12.2 Å². The average Bonchev–Trinajstić information content (AvgIpc) is 2.94. The van der Waals surface area contributed by atoms with Crippen LogP contribution in [0.3, 0.4) is 0 Å². The van der Waals surface area contributed by atoms with E-state index in [0.29, 0.717) is 13.2 Å². The highest BCUT2D eigenvalue weighted by molar-refractivity contribution is 5.69. The second-order valence-electron chi connectivity index (χ2n) is 7.48. The normalized spacial score (nSPS) is 18.2. The Morgan fingerprint density at radius 1 is 0.926 bits per heavy atom. The minimum Gasteiger partial charge on any atom is -0.490 e. The third kappa shape index (κ3) is 3.10. The first-order valence-electron chi connectivity index (χ1n) is 9.92. The summed E-state index contributed by atoms with van der Waals surface area (Å²) in [6.45, 7) is 8.09. The number of nitrogens with one attached hydrogen (secondary N) is 1. The van der Waals surface area contributed by atoms with Gasteiger partial charge in [-0.2, -0.15) is 0 Å². The first-order chi connectivity index (χ1) is 13.3. The first-order valence-corrected chi connectivity index (χ1v) is 9.92. The SMILES string of the molecule is Cc1c2c(cc3c1N(Cc1ccc4c(c1)OCCO4)CCO3)CCNCC2. The van der Waals surface area contributed by atoms with Gasteiger partial charge in [0.2, 0.25) is 0 Å². The molecule has 142 valence electrons. The van der Waals surface area contributed by atoms with Gasteiger partial charge < -0.3 is 24.4 Å². The van der Waals surface area contributed by atoms with E-state index in [0.717, 1.165) is 62.9 Å². The van der Waals surface area contributed by atoms with Gasteiger partial charge in [-0.25, -0.2) is 0 Å². The molecule has 0 atom stereocenters. The number of benzene rings is 2. The number of hydrogen-bond donors (Lipinski definition) is 1. The minimum atomic E-state index is 0.621. The Kier molecular flexibility index (Phi) is 4.32. The summed E-state index contributed by atoms with van der Waals surface area (Å²) < 4.78 is 17.5. The van der Waals surface area contributed by atoms with Crippen LogP contribution in [-0.4, -0.2) is 39.5 Å². The summed E-state index contributed by atoms with van der Waals surface area (Å²) in [5.41, 5.74) is 6.82. The third-order valence-corrected chi connectivity index (χ3v) is 5.77. The zero-order valence-corrected chi connectivity index (χ0v) is 15.8. The summed E-state index contributed by atoms with van der Waals surface area (Å²) in [5, 5.41) is 3.51. The van der Waals surface area contributed by atoms with Crippen molar-refractivity contribution in [1.82, 2.24) is 5.32 Å². The van der Waals surface area contributed by atoms with Crippen molar-refractivity contribution in [3.8, 4) is 17.2 Å². The Balaban J connectivity index is 1.48. The maximum atomic E-state index is 6.06. The lowest BCUT2D eigenvalue weighted by atomic mass is 9.94. The summed E-state index contributed by atoms with van der Waals surface area (Å²) in [4.78, 5) is 2.46. The van der Waals surface area contributed by atoms with Gasteiger partial charge in [0.1, 0.15) is 25.6 Å². The first kappa shape index (κ1) is 16.8. The maximum absolute atomic E-state index is 6.06. The van der Waals surface area contributed by atoms with Gasteiger partial charge in [0, 0.05) is 6.54 Å². The van der Waals surface area contributed by atoms with E-state index in [4.69, 9.17) is 14.2 Å². The van der Waals surface area contributed by atoms with E-state index in [2.05, 4.69) is 35.3 Å². The molecule has 0 unspecified atom stereocenters. The molecule has 0 radical (unpaired) electrons. The molecular weight excluding hydrogens is 340 g/mol. The molecule has 1 N–H and O–H groups in total. The number of rotatable bonds is 2. The van der Waals surface area contributed by atoms with Crippen molar-refractivity contribution >= 4 is 5.69 Å². The molecule has 5 heteroatoms. The van der Waals surface area contributed by atoms with Crippen molar-refractivity contribution in [2.24, 2.45) is 0 Å². The van der Waals surface area contributed by atoms with Gasteiger partial charge in [0.15, 0.2) is 11.5 Å². The highest BCUT2D eigenvalue weighted by atomic mass is 16.6. The summed E-state index contributed by atoms with van der Waals surface area (Å²) in [5.74, 6) is 2.75. The van der Waals surface area contributed by atoms with Gasteiger partial charge in [0.25, 0.3) is 0 Å². The second kappa shape index (κ2) is 6.97. The van der Waals surface area contributed by atoms with Crippen molar-refractivity contribution < 1.29 is 14.2 Å². The largest absolute Gasteiger partial charge is 0.490 e. The molecule has 2 aromatic carbocycles. The summed E-state index contributed by atoms with van der Waals surface area (Å²) >= 11 is 0. The number of hydrogen-bond acceptors (Lipinski definition) is 5. The minimum absolute atomic E-state index is 0.621. The van der Waals surface area contributed by atoms with Crippen LogP contribution in [0.2, 0.25) is 0 Å². The third-order valence-electron chi connectivity index (χ3n) is 5.77. The van der Waals surface area contributed by atoms with E-state index in [-0.39, 0.29) is 0 Å². The molecule has 5 nitrogen and oxygen atoms in total. The van der Waals surface area contributed by atoms with E-state index < -0.39 is 0 Å². The van der Waals surface area contributed by atoms with Gasteiger partial charge >= 0.3 is 0 Å². The summed E-state index contributed by atoms with van der Waals surface area (Å²) in [6, 6.07) is 8.57. The fourth-order valence-electron chi connectivity index (χ4n) is 4.46. The topological polar surface area (TPSA) is 43.0 Å². The number of ether oxygens (including phenoxy) is 3. The van der Waals surface area contributed by atoms with E-state index >= 15 is 0 Å². The van der Waals surface area contributed by atoms with Crippen molar-refractivity contribution in [3.05, 3.63) is 46.5 Å². The summed E-state index contributed by atoms with van der Waals surface area (Å²) in [6.07, 6.45) is 2.17. The van der Waals surface area contributed by atoms with E-state index in [9.17, 15) is 0 Å². The van der Waals surface area contributed by atoms with Crippen LogP contribution in [-0.2, 0) is 19.4 Å². The molecule has 0 bridgehead atoms. The summed E-state index contributed by atoms with van der Waals surface area (Å²) in [7, 11) is 0. The highest BCUT2D eigenvalue weighted by Crippen LogP contribution is 2.40. The van der Waals surface area contributed by atoms with Crippen LogP contribution in [0, 0.1) is 6.92 Å². The molecule has 0 amide bonds. The lowest BCUT2D eigenvalue weighted by molar-refractivity contribution is 0.171. The zero-order chi connectivity index (χ0) is 18.2. The predicted octanol–water partition coefficient (Wildman–Crippen LogP) is 2.85. The van der Waals surface area contributed by atoms with Crippen molar-refractivity contribution in [3.63, 3.8) is 0 Å². The lowest BCUT2D eigenvalue weighted by Crippen LogP contribution is -2.33. The Bertz CT molecular complexity index is 865. The Morgan fingerprint density at radius 3 is 2.67 bits per heavy atom. The van der Waals surface area contributed by atoms with Gasteiger partial charge in [-0.15, -0.1) is 0 Å². The molecule has 0 saturated heterocycles. The molecule has 0 spiro atoms. The quantitative estimate of drug-likeness (QED) is 0.885. The second-order valence-corrected chi connectivity index (χ2v) is 7.48. The molecule has 3 aliphatic heterocycles. The molecule has 0 saturated carbocycles. The molecule has 0 aliphatic carbocycles. The van der Waals surface area contributed by atoms with Crippen LogP contribution in [0.15, 0.2) is 24.3 Å². The molecular formula is C22H26N2O3. The van der Waals surface area contributed by atoms with Gasteiger partial charge in [-0.3, -0.25) is 0 Å². The molecule has 2 aromatic rings. The monoisotopic (exact) mass is 366 g/mol. The smallest absolute Gasteiger partial charge is 0.161 e. The number of anilines is 1. The standard InChI is InChI=1S/C22H26N2O3/c1-15-18-5-7-23-6-4-17(18)13-21-22(15)24(8-9-25-21)14-16-2-3-19-20(12-16)27-11-10-26-19/h2-3,12-13,23H,4-11,14H2,1H3. The van der Waals surface area contributed by atoms with Crippen LogP contribution >= 0.6 is 0 Å². The molecule has 3 heterocycles. The Labute approximate surface area is 160 Å². The molecule has 27 heavy (non-hydrogen) atoms. The fourth-order valence-corrected chi connectivity index (χ4v) is 4.46. The van der Waals surface area contributed by atoms with Gasteiger partial charge in [-0.1, -0.05) is 6.07 Å². The van der Waals surface area contributed by atoms with E-state index in [1.807, 2.05) is 6.07 Å². The van der Waals surface area contributed by atoms with Crippen LogP contribution in [0.1, 0.15) is 22.3 Å². The molecule has 0 fully saturated rings. The maximum Gasteiger partial charge on any atom is 0.161 e. The van der Waals surface area contributed by atoms with E-state index in [1.54, 1.807) is 0 Å². The molecule has 3 aliphatic rings. The van der Waals surface area contributed by atoms with E-state index in [1.165, 1.54) is 27.9 Å². The molecule has 0 aromatic heterocycles. The van der Waals surface area contributed by atoms with Crippen molar-refractivity contribution in [2.45, 2.75) is 26.3 Å². The van der Waals surface area contributed by atoms with Crippen LogP contribution in [0.4, 0.5) is 5.69 Å².